The van der Waals surface area contributed by atoms with Crippen LogP contribution in [-0.2, 0) is 4.79 Å². The Morgan fingerprint density at radius 3 is 2.67 bits per heavy atom. The number of hydrogen-bond donors (Lipinski definition) is 0. The smallest absolute Gasteiger partial charge is 0.162 e. The van der Waals surface area contributed by atoms with Gasteiger partial charge in [0, 0.05) is 5.41 Å². The van der Waals surface area contributed by atoms with Crippen LogP contribution < -0.4 is 0 Å². The minimum atomic E-state index is -0.217. The second-order valence-corrected chi connectivity index (χ2v) is 4.95. The lowest BCUT2D eigenvalue weighted by Gasteiger charge is -2.42. The zero-order valence-electron chi connectivity index (χ0n) is 10.5. The molecule has 1 rings (SSSR count). The summed E-state index contributed by atoms with van der Waals surface area (Å²) in [6, 6.07) is 0. The molecule has 0 bridgehead atoms. The molecule has 0 aromatic heterocycles. The van der Waals surface area contributed by atoms with Gasteiger partial charge in [-0.3, -0.25) is 4.79 Å². The van der Waals surface area contributed by atoms with Crippen molar-refractivity contribution in [1.82, 2.24) is 0 Å². The van der Waals surface area contributed by atoms with Gasteiger partial charge in [-0.2, -0.15) is 0 Å². The summed E-state index contributed by atoms with van der Waals surface area (Å²) < 4.78 is 0. The Kier molecular flexibility index (Phi) is 3.54. The Bertz CT molecular complexity index is 311. The van der Waals surface area contributed by atoms with E-state index < -0.39 is 0 Å². The van der Waals surface area contributed by atoms with E-state index in [-0.39, 0.29) is 11.2 Å². The van der Waals surface area contributed by atoms with Crippen LogP contribution in [0.5, 0.6) is 0 Å². The van der Waals surface area contributed by atoms with Crippen molar-refractivity contribution in [1.29, 1.82) is 0 Å². The molecule has 3 atom stereocenters. The lowest BCUT2D eigenvalue weighted by atomic mass is 9.60. The standard InChI is InChI=1S/C14H22O/c1-6-7-13(15)14(5)11(3)9-8-10(2)12(14)4/h6-8,11-12H,9H2,1-5H3. The SMILES string of the molecule is CC=CC(=O)C1(C)C(C)CC=C(C)C1C. The van der Waals surface area contributed by atoms with E-state index in [9.17, 15) is 4.79 Å². The van der Waals surface area contributed by atoms with E-state index in [2.05, 4.69) is 33.8 Å². The molecule has 0 aliphatic heterocycles. The number of ketones is 1. The molecule has 15 heavy (non-hydrogen) atoms. The molecule has 0 N–H and O–H groups in total. The molecule has 0 radical (unpaired) electrons. The van der Waals surface area contributed by atoms with E-state index in [1.807, 2.05) is 13.0 Å². The highest BCUT2D eigenvalue weighted by atomic mass is 16.1. The van der Waals surface area contributed by atoms with Crippen molar-refractivity contribution >= 4 is 5.78 Å². The summed E-state index contributed by atoms with van der Waals surface area (Å²) in [5.41, 5.74) is 1.14. The van der Waals surface area contributed by atoms with Gasteiger partial charge in [-0.15, -0.1) is 0 Å². The summed E-state index contributed by atoms with van der Waals surface area (Å²) >= 11 is 0. The number of hydrogen-bond acceptors (Lipinski definition) is 1. The molecular formula is C14H22O. The Morgan fingerprint density at radius 2 is 2.13 bits per heavy atom. The monoisotopic (exact) mass is 206 g/mol. The van der Waals surface area contributed by atoms with Gasteiger partial charge in [0.25, 0.3) is 0 Å². The van der Waals surface area contributed by atoms with Gasteiger partial charge in [0.1, 0.15) is 0 Å². The average Bonchev–Trinajstić information content (AvgIpc) is 2.21. The van der Waals surface area contributed by atoms with Crippen LogP contribution in [0.2, 0.25) is 0 Å². The third-order valence-electron chi connectivity index (χ3n) is 4.25. The van der Waals surface area contributed by atoms with Crippen LogP contribution in [0.15, 0.2) is 23.8 Å². The molecular weight excluding hydrogens is 184 g/mol. The molecule has 84 valence electrons. The summed E-state index contributed by atoms with van der Waals surface area (Å²) in [5.74, 6) is 1.06. The third kappa shape index (κ3) is 1.92. The molecule has 1 nitrogen and oxygen atoms in total. The molecule has 0 heterocycles. The van der Waals surface area contributed by atoms with Gasteiger partial charge in [-0.25, -0.2) is 0 Å². The maximum Gasteiger partial charge on any atom is 0.162 e. The first-order chi connectivity index (χ1) is 6.94. The molecule has 3 unspecified atom stereocenters. The van der Waals surface area contributed by atoms with Gasteiger partial charge in [0.2, 0.25) is 0 Å². The van der Waals surface area contributed by atoms with Crippen LogP contribution in [0.25, 0.3) is 0 Å². The predicted molar refractivity (Wildman–Crippen MR) is 64.6 cm³/mol. The molecule has 1 heteroatoms. The summed E-state index contributed by atoms with van der Waals surface area (Å²) in [6.45, 7) is 10.5. The highest BCUT2D eigenvalue weighted by Crippen LogP contribution is 2.45. The minimum Gasteiger partial charge on any atom is -0.294 e. The fourth-order valence-corrected chi connectivity index (χ4v) is 2.47. The maximum absolute atomic E-state index is 12.2. The van der Waals surface area contributed by atoms with Crippen molar-refractivity contribution in [3.8, 4) is 0 Å². The topological polar surface area (TPSA) is 17.1 Å². The number of carbonyl (C=O) groups is 1. The molecule has 0 fully saturated rings. The van der Waals surface area contributed by atoms with Crippen molar-refractivity contribution in [2.75, 3.05) is 0 Å². The molecule has 0 aromatic rings. The lowest BCUT2D eigenvalue weighted by molar-refractivity contribution is -0.128. The Morgan fingerprint density at radius 1 is 1.53 bits per heavy atom. The van der Waals surface area contributed by atoms with Crippen LogP contribution in [0, 0.1) is 17.3 Å². The van der Waals surface area contributed by atoms with Gasteiger partial charge < -0.3 is 0 Å². The number of rotatable bonds is 2. The second kappa shape index (κ2) is 4.34. The van der Waals surface area contributed by atoms with Crippen LogP contribution in [-0.4, -0.2) is 5.78 Å². The van der Waals surface area contributed by atoms with Gasteiger partial charge in [-0.1, -0.05) is 38.5 Å². The Labute approximate surface area is 93.3 Å². The van der Waals surface area contributed by atoms with Crippen molar-refractivity contribution < 1.29 is 4.79 Å². The third-order valence-corrected chi connectivity index (χ3v) is 4.25. The maximum atomic E-state index is 12.2. The fraction of sp³-hybridized carbons (Fsp3) is 0.643. The van der Waals surface area contributed by atoms with Gasteiger partial charge in [0.15, 0.2) is 5.78 Å². The first kappa shape index (κ1) is 12.2. The number of allylic oxidation sites excluding steroid dienone is 4. The Hall–Kier alpha value is -0.850. The minimum absolute atomic E-state index is 0.217. The Balaban J connectivity index is 3.09. The quantitative estimate of drug-likeness (QED) is 0.496. The van der Waals surface area contributed by atoms with E-state index in [0.717, 1.165) is 6.42 Å². The summed E-state index contributed by atoms with van der Waals surface area (Å²) in [4.78, 5) is 12.2. The summed E-state index contributed by atoms with van der Waals surface area (Å²) in [7, 11) is 0. The highest BCUT2D eigenvalue weighted by Gasteiger charge is 2.44. The van der Waals surface area contributed by atoms with E-state index >= 15 is 0 Å². The summed E-state index contributed by atoms with van der Waals surface area (Å²) in [5, 5.41) is 0. The largest absolute Gasteiger partial charge is 0.294 e. The fourth-order valence-electron chi connectivity index (χ4n) is 2.47. The highest BCUT2D eigenvalue weighted by molar-refractivity contribution is 5.95. The first-order valence-electron chi connectivity index (χ1n) is 5.78. The van der Waals surface area contributed by atoms with Gasteiger partial charge in [-0.05, 0) is 38.2 Å². The molecule has 0 amide bonds. The molecule has 1 aliphatic rings. The van der Waals surface area contributed by atoms with E-state index in [4.69, 9.17) is 0 Å². The zero-order valence-corrected chi connectivity index (χ0v) is 10.5. The molecule has 0 saturated heterocycles. The van der Waals surface area contributed by atoms with Crippen molar-refractivity contribution in [2.45, 2.75) is 41.0 Å². The summed E-state index contributed by atoms with van der Waals surface area (Å²) in [6.07, 6.45) is 6.88. The van der Waals surface area contributed by atoms with Gasteiger partial charge in [0.05, 0.1) is 0 Å². The van der Waals surface area contributed by atoms with E-state index in [0.29, 0.717) is 11.8 Å². The van der Waals surface area contributed by atoms with E-state index in [1.165, 1.54) is 5.57 Å². The van der Waals surface area contributed by atoms with Crippen LogP contribution >= 0.6 is 0 Å². The van der Waals surface area contributed by atoms with Crippen LogP contribution in [0.3, 0.4) is 0 Å². The molecule has 0 aromatic carbocycles. The lowest BCUT2D eigenvalue weighted by Crippen LogP contribution is -2.42. The first-order valence-corrected chi connectivity index (χ1v) is 5.78. The van der Waals surface area contributed by atoms with E-state index in [1.54, 1.807) is 6.08 Å². The molecule has 1 aliphatic carbocycles. The normalized spacial score (nSPS) is 36.7. The zero-order chi connectivity index (χ0) is 11.6. The van der Waals surface area contributed by atoms with Crippen molar-refractivity contribution in [3.05, 3.63) is 23.8 Å². The molecule has 0 saturated carbocycles. The second-order valence-electron chi connectivity index (χ2n) is 4.95. The van der Waals surface area contributed by atoms with Crippen molar-refractivity contribution in [2.24, 2.45) is 17.3 Å². The van der Waals surface area contributed by atoms with Crippen LogP contribution in [0.4, 0.5) is 0 Å². The van der Waals surface area contributed by atoms with Crippen molar-refractivity contribution in [3.63, 3.8) is 0 Å². The van der Waals surface area contributed by atoms with Gasteiger partial charge >= 0.3 is 0 Å². The van der Waals surface area contributed by atoms with Crippen LogP contribution in [0.1, 0.15) is 41.0 Å². The molecule has 0 spiro atoms. The average molecular weight is 206 g/mol. The predicted octanol–water partition coefficient (Wildman–Crippen LogP) is 3.76. The number of carbonyl (C=O) groups excluding carboxylic acids is 1.